The lowest BCUT2D eigenvalue weighted by Gasteiger charge is -2.08. The van der Waals surface area contributed by atoms with Gasteiger partial charge in [0.2, 0.25) is 0 Å². The van der Waals surface area contributed by atoms with Crippen LogP contribution in [0.3, 0.4) is 0 Å². The molecule has 238 valence electrons. The van der Waals surface area contributed by atoms with Gasteiger partial charge in [-0.05, 0) is 70.1 Å². The fourth-order valence-corrected chi connectivity index (χ4v) is 6.47. The Bertz CT molecular complexity index is 2560. The average molecular weight is 649 g/mol. The molecule has 0 bridgehead atoms. The van der Waals surface area contributed by atoms with Crippen molar-refractivity contribution < 1.29 is 9.59 Å². The molecule has 0 aliphatic heterocycles. The van der Waals surface area contributed by atoms with Crippen molar-refractivity contribution in [2.75, 3.05) is 10.6 Å². The number of hydrogen-bond acceptors (Lipinski definition) is 4. The van der Waals surface area contributed by atoms with Crippen LogP contribution in [0.5, 0.6) is 0 Å². The van der Waals surface area contributed by atoms with Crippen LogP contribution in [0, 0.1) is 0 Å². The highest BCUT2D eigenvalue weighted by atomic mass is 16.2. The lowest BCUT2D eigenvalue weighted by atomic mass is 10.0. The number of amides is 2. The summed E-state index contributed by atoms with van der Waals surface area (Å²) in [5, 5.41) is 9.93. The van der Waals surface area contributed by atoms with Gasteiger partial charge in [-0.1, -0.05) is 97.1 Å². The molecule has 0 aliphatic carbocycles. The summed E-state index contributed by atoms with van der Waals surface area (Å²) in [6, 6.07) is 46.5. The molecule has 2 heterocycles. The number of fused-ring (bicyclic) bond motifs is 4. The standard InChI is InChI=1S/C42H28N6O2/c49-41(33-13-5-9-25-7-1-3-11-31(25)33)43-29-19-21-35-37(23-29)47-39(45-35)27-15-17-28(18-16-27)40-46-36-22-20-30(24-38(36)48-40)44-42(50)34-14-6-10-26-8-2-4-12-32(26)34/h1-24H,(H,43,49)(H,44,50)(H,45,47)(H,46,48). The zero-order valence-electron chi connectivity index (χ0n) is 26.6. The molecule has 0 aliphatic rings. The summed E-state index contributed by atoms with van der Waals surface area (Å²) in [6.07, 6.45) is 0. The topological polar surface area (TPSA) is 116 Å². The highest BCUT2D eigenvalue weighted by molar-refractivity contribution is 6.14. The third-order valence-electron chi connectivity index (χ3n) is 8.98. The highest BCUT2D eigenvalue weighted by Crippen LogP contribution is 2.28. The molecule has 7 aromatic carbocycles. The number of imidazole rings is 2. The van der Waals surface area contributed by atoms with Crippen molar-refractivity contribution in [1.82, 2.24) is 19.9 Å². The molecule has 0 atom stereocenters. The van der Waals surface area contributed by atoms with Crippen molar-refractivity contribution >= 4 is 66.8 Å². The Labute approximate surface area is 285 Å². The monoisotopic (exact) mass is 648 g/mol. The summed E-state index contributed by atoms with van der Waals surface area (Å²) < 4.78 is 0. The minimum Gasteiger partial charge on any atom is -0.338 e. The summed E-state index contributed by atoms with van der Waals surface area (Å²) in [4.78, 5) is 42.8. The summed E-state index contributed by atoms with van der Waals surface area (Å²) in [5.74, 6) is 1.12. The lowest BCUT2D eigenvalue weighted by molar-refractivity contribution is 0.102. The van der Waals surface area contributed by atoms with E-state index in [0.29, 0.717) is 22.5 Å². The van der Waals surface area contributed by atoms with E-state index in [2.05, 4.69) is 20.6 Å². The molecule has 0 saturated heterocycles. The van der Waals surface area contributed by atoms with Crippen LogP contribution in [0.25, 0.3) is 66.4 Å². The van der Waals surface area contributed by atoms with Gasteiger partial charge in [0.25, 0.3) is 11.8 Å². The van der Waals surface area contributed by atoms with Gasteiger partial charge in [-0.25, -0.2) is 9.97 Å². The normalized spacial score (nSPS) is 11.4. The van der Waals surface area contributed by atoms with Crippen molar-refractivity contribution in [2.24, 2.45) is 0 Å². The Hall–Kier alpha value is -7.06. The smallest absolute Gasteiger partial charge is 0.256 e. The van der Waals surface area contributed by atoms with Crippen LogP contribution in [0.1, 0.15) is 20.7 Å². The summed E-state index contributed by atoms with van der Waals surface area (Å²) in [6.45, 7) is 0. The van der Waals surface area contributed by atoms with Gasteiger partial charge < -0.3 is 20.6 Å². The number of nitrogens with zero attached hydrogens (tertiary/aromatic N) is 2. The van der Waals surface area contributed by atoms with E-state index in [9.17, 15) is 9.59 Å². The van der Waals surface area contributed by atoms with Crippen molar-refractivity contribution in [3.63, 3.8) is 0 Å². The second kappa shape index (κ2) is 11.9. The number of carbonyl (C=O) groups excluding carboxylic acids is 2. The van der Waals surface area contributed by atoms with Gasteiger partial charge in [0.15, 0.2) is 0 Å². The fourth-order valence-electron chi connectivity index (χ4n) is 6.47. The molecule has 0 unspecified atom stereocenters. The Morgan fingerprint density at radius 2 is 0.960 bits per heavy atom. The maximum Gasteiger partial charge on any atom is 0.256 e. The number of anilines is 2. The molecule has 0 spiro atoms. The largest absolute Gasteiger partial charge is 0.338 e. The Kier molecular flexibility index (Phi) is 6.91. The molecular formula is C42H28N6O2. The van der Waals surface area contributed by atoms with E-state index >= 15 is 0 Å². The van der Waals surface area contributed by atoms with E-state index in [-0.39, 0.29) is 11.8 Å². The van der Waals surface area contributed by atoms with Crippen LogP contribution in [-0.2, 0) is 0 Å². The summed E-state index contributed by atoms with van der Waals surface area (Å²) in [5.41, 5.74) is 7.68. The fraction of sp³-hybridized carbons (Fsp3) is 0. The molecule has 0 fully saturated rings. The van der Waals surface area contributed by atoms with Gasteiger partial charge >= 0.3 is 0 Å². The molecule has 0 radical (unpaired) electrons. The van der Waals surface area contributed by atoms with Crippen LogP contribution >= 0.6 is 0 Å². The second-order valence-corrected chi connectivity index (χ2v) is 12.2. The van der Waals surface area contributed by atoms with Crippen molar-refractivity contribution in [2.45, 2.75) is 0 Å². The van der Waals surface area contributed by atoms with Crippen LogP contribution in [0.15, 0.2) is 146 Å². The third-order valence-corrected chi connectivity index (χ3v) is 8.98. The average Bonchev–Trinajstić information content (AvgIpc) is 3.78. The number of aromatic nitrogens is 4. The highest BCUT2D eigenvalue weighted by Gasteiger charge is 2.14. The molecule has 50 heavy (non-hydrogen) atoms. The van der Waals surface area contributed by atoms with Gasteiger partial charge in [0.05, 0.1) is 22.1 Å². The van der Waals surface area contributed by atoms with E-state index in [1.165, 1.54) is 0 Å². The number of nitrogens with one attached hydrogen (secondary N) is 4. The number of H-pyrrole nitrogens is 2. The number of carbonyl (C=O) groups is 2. The van der Waals surface area contributed by atoms with Gasteiger partial charge in [-0.3, -0.25) is 9.59 Å². The van der Waals surface area contributed by atoms with Crippen LogP contribution < -0.4 is 10.6 Å². The molecule has 9 aromatic rings. The predicted molar refractivity (Wildman–Crippen MR) is 200 cm³/mol. The maximum absolute atomic E-state index is 13.2. The first-order valence-corrected chi connectivity index (χ1v) is 16.2. The first kappa shape index (κ1) is 29.1. The Morgan fingerprint density at radius 1 is 0.460 bits per heavy atom. The SMILES string of the molecule is O=C(Nc1ccc2[nH]c(-c3ccc(-c4nc5ccc(NC(=O)c6cccc7ccccc67)cc5[nH]4)cc3)nc2c1)c1cccc2ccccc12. The molecule has 8 nitrogen and oxygen atoms in total. The minimum atomic E-state index is -0.167. The van der Waals surface area contributed by atoms with E-state index < -0.39 is 0 Å². The third kappa shape index (κ3) is 5.31. The molecular weight excluding hydrogens is 621 g/mol. The molecule has 8 heteroatoms. The second-order valence-electron chi connectivity index (χ2n) is 12.2. The lowest BCUT2D eigenvalue weighted by Crippen LogP contribution is -2.12. The first-order valence-electron chi connectivity index (χ1n) is 16.2. The zero-order valence-corrected chi connectivity index (χ0v) is 26.6. The van der Waals surface area contributed by atoms with Crippen molar-refractivity contribution in [1.29, 1.82) is 0 Å². The zero-order chi connectivity index (χ0) is 33.6. The van der Waals surface area contributed by atoms with Gasteiger partial charge in [-0.15, -0.1) is 0 Å². The molecule has 0 saturated carbocycles. The molecule has 4 N–H and O–H groups in total. The van der Waals surface area contributed by atoms with Crippen LogP contribution in [-0.4, -0.2) is 31.8 Å². The van der Waals surface area contributed by atoms with Gasteiger partial charge in [0.1, 0.15) is 11.6 Å². The molecule has 9 rings (SSSR count). The van der Waals surface area contributed by atoms with Crippen molar-refractivity contribution in [3.8, 4) is 22.8 Å². The van der Waals surface area contributed by atoms with Crippen molar-refractivity contribution in [3.05, 3.63) is 157 Å². The predicted octanol–water partition coefficient (Wildman–Crippen LogP) is 9.58. The van der Waals surface area contributed by atoms with E-state index in [1.807, 2.05) is 146 Å². The van der Waals surface area contributed by atoms with Gasteiger partial charge in [-0.2, -0.15) is 0 Å². The molecule has 2 amide bonds. The first-order chi connectivity index (χ1) is 24.6. The maximum atomic E-state index is 13.2. The van der Waals surface area contributed by atoms with Crippen LogP contribution in [0.2, 0.25) is 0 Å². The molecule has 2 aromatic heterocycles. The Morgan fingerprint density at radius 3 is 1.58 bits per heavy atom. The van der Waals surface area contributed by atoms with E-state index in [1.54, 1.807) is 0 Å². The quantitative estimate of drug-likeness (QED) is 0.144. The Balaban J connectivity index is 0.920. The number of aromatic amines is 2. The van der Waals surface area contributed by atoms with E-state index in [0.717, 1.165) is 66.4 Å². The minimum absolute atomic E-state index is 0.163. The summed E-state index contributed by atoms with van der Waals surface area (Å²) in [7, 11) is 0. The van der Waals surface area contributed by atoms with E-state index in [4.69, 9.17) is 9.97 Å². The number of hydrogen-bond donors (Lipinski definition) is 4. The van der Waals surface area contributed by atoms with Gasteiger partial charge in [0, 0.05) is 33.6 Å². The van der Waals surface area contributed by atoms with Crippen LogP contribution in [0.4, 0.5) is 11.4 Å². The number of benzene rings is 7. The number of rotatable bonds is 6. The summed E-state index contributed by atoms with van der Waals surface area (Å²) >= 11 is 0.